The summed E-state index contributed by atoms with van der Waals surface area (Å²) >= 11 is 5.20. The zero-order valence-electron chi connectivity index (χ0n) is 42.3. The molecule has 6 nitrogen and oxygen atoms in total. The van der Waals surface area contributed by atoms with Crippen LogP contribution in [0.3, 0.4) is 0 Å². The van der Waals surface area contributed by atoms with Gasteiger partial charge in [-0.2, -0.15) is 56.1 Å². The molecule has 0 N–H and O–H groups in total. The van der Waals surface area contributed by atoms with Gasteiger partial charge in [0.1, 0.15) is 11.5 Å². The van der Waals surface area contributed by atoms with Crippen molar-refractivity contribution >= 4 is 81.1 Å². The Bertz CT molecular complexity index is 3940. The van der Waals surface area contributed by atoms with Crippen LogP contribution in [0.1, 0.15) is 33.4 Å². The number of ether oxygens (including phenoxy) is 2. The topological polar surface area (TPSA) is 54.1 Å². The van der Waals surface area contributed by atoms with Crippen molar-refractivity contribution in [1.29, 1.82) is 0 Å². The second-order valence-corrected chi connectivity index (χ2v) is 23.1. The maximum absolute atomic E-state index is 6.63. The Balaban J connectivity index is 0.00000283. The molecule has 0 radical (unpaired) electrons. The molecule has 3 aromatic heterocycles. The van der Waals surface area contributed by atoms with Crippen LogP contribution in [0.25, 0.3) is 55.2 Å². The smallest absolute Gasteiger partial charge is 0.212 e. The first-order valence-corrected chi connectivity index (χ1v) is 27.4. The molecule has 0 spiro atoms. The van der Waals surface area contributed by atoms with Gasteiger partial charge in [-0.3, -0.25) is 14.7 Å². The molecule has 0 aliphatic carbocycles. The molecule has 7 heterocycles. The summed E-state index contributed by atoms with van der Waals surface area (Å²) in [6.45, 7) is 12.7. The average Bonchev–Trinajstić information content (AvgIpc) is 4.22. The average molecular weight is 1410 g/mol. The van der Waals surface area contributed by atoms with Gasteiger partial charge in [0, 0.05) is 82.6 Å². The third kappa shape index (κ3) is 8.25. The van der Waals surface area contributed by atoms with Gasteiger partial charge in [-0.1, -0.05) is 52.4 Å². The fourth-order valence-corrected chi connectivity index (χ4v) is 15.1. The van der Waals surface area contributed by atoms with Crippen LogP contribution in [0.2, 0.25) is 0 Å². The molecule has 378 valence electrons. The van der Waals surface area contributed by atoms with E-state index in [4.69, 9.17) is 19.7 Å². The van der Waals surface area contributed by atoms with E-state index in [-0.39, 0.29) is 55.6 Å². The van der Waals surface area contributed by atoms with E-state index in [1.54, 1.807) is 11.3 Å². The van der Waals surface area contributed by atoms with Crippen molar-refractivity contribution in [1.82, 2.24) is 19.6 Å². The fraction of sp³-hybridized carbons (Fsp3) is 0.0938. The summed E-state index contributed by atoms with van der Waals surface area (Å²) in [5.74, 6) is 3.02. The van der Waals surface area contributed by atoms with Crippen molar-refractivity contribution in [3.05, 3.63) is 203 Å². The molecule has 13 heteroatoms. The fourth-order valence-electron chi connectivity index (χ4n) is 12.0. The van der Waals surface area contributed by atoms with E-state index in [1.165, 1.54) is 69.6 Å². The number of aryl methyl sites for hydroxylation is 6. The zero-order chi connectivity index (χ0) is 50.4. The van der Waals surface area contributed by atoms with E-state index in [9.17, 15) is 0 Å². The molecule has 15 rings (SSSR count). The molecule has 0 saturated heterocycles. The largest absolute Gasteiger partial charge is 0.518 e. The first-order chi connectivity index (χ1) is 36.6. The van der Waals surface area contributed by atoms with E-state index in [0.717, 1.165) is 94.4 Å². The van der Waals surface area contributed by atoms with Gasteiger partial charge >= 0.3 is 0 Å². The molecule has 0 bridgehead atoms. The number of nitrogens with zero attached hydrogens (tertiary/aromatic N) is 4. The van der Waals surface area contributed by atoms with Crippen molar-refractivity contribution in [2.45, 2.75) is 61.1 Å². The zero-order valence-corrected chi connectivity index (χ0v) is 49.3. The Kier molecular flexibility index (Phi) is 12.6. The van der Waals surface area contributed by atoms with E-state index >= 15 is 0 Å². The van der Waals surface area contributed by atoms with Crippen LogP contribution in [0, 0.1) is 77.3 Å². The molecule has 0 fully saturated rings. The Morgan fingerprint density at radius 2 is 0.948 bits per heavy atom. The molecule has 0 amide bonds. The van der Waals surface area contributed by atoms with Crippen LogP contribution in [0.4, 0.5) is 0 Å². The minimum absolute atomic E-state index is 0. The summed E-state index contributed by atoms with van der Waals surface area (Å²) in [5, 5.41) is 13.4. The van der Waals surface area contributed by atoms with Gasteiger partial charge in [-0.15, -0.1) is 75.5 Å². The van der Waals surface area contributed by atoms with E-state index < -0.39 is 0 Å². The number of thiophene rings is 1. The maximum atomic E-state index is 6.63. The van der Waals surface area contributed by atoms with Crippen LogP contribution in [-0.4, -0.2) is 33.0 Å². The second-order valence-electron chi connectivity index (χ2n) is 20.1. The minimum Gasteiger partial charge on any atom is -0.518 e. The SMILES string of the molecule is Cc1cc(C)c(-c2cnn(-c3[c-]c4c(cc3)Oc3cccc5c3B4c3[c-]c(-c4[c-]sc(-c6[c-]c7c(cc6)Sc6cccc8c6B7c6[c-]c(-n7cc(-c9c(C)cc(C)cc9C)cn7)ccc6S8)[c-]4)ccc3O5)c2)c(C)c1.[Pt].[Pt]. The van der Waals surface area contributed by atoms with Gasteiger partial charge < -0.3 is 38.0 Å². The van der Waals surface area contributed by atoms with Crippen LogP contribution in [-0.2, 0) is 42.1 Å². The molecule has 0 atom stereocenters. The predicted molar refractivity (Wildman–Crippen MR) is 305 cm³/mol. The molecule has 0 saturated carbocycles. The molecule has 0 unspecified atom stereocenters. The molecular formula is C64H40B2N4O2Pt2S3-6. The number of hydrogen-bond acceptors (Lipinski definition) is 7. The van der Waals surface area contributed by atoms with E-state index in [0.29, 0.717) is 0 Å². The van der Waals surface area contributed by atoms with Crippen molar-refractivity contribution in [2.75, 3.05) is 0 Å². The molecule has 8 aromatic carbocycles. The van der Waals surface area contributed by atoms with Gasteiger partial charge in [-0.05, 0) is 126 Å². The summed E-state index contributed by atoms with van der Waals surface area (Å²) in [7, 11) is 0. The van der Waals surface area contributed by atoms with Crippen molar-refractivity contribution in [2.24, 2.45) is 0 Å². The molecule has 11 aromatic rings. The number of hydrogen-bond donors (Lipinski definition) is 0. The van der Waals surface area contributed by atoms with E-state index in [2.05, 4.69) is 169 Å². The molecular weight excluding hydrogens is 1360 g/mol. The first kappa shape index (κ1) is 50.2. The molecule has 4 aliphatic rings. The predicted octanol–water partition coefficient (Wildman–Crippen LogP) is 11.6. The summed E-state index contributed by atoms with van der Waals surface area (Å²) in [6, 6.07) is 57.8. The summed E-state index contributed by atoms with van der Waals surface area (Å²) in [5.41, 5.74) is 22.9. The maximum Gasteiger partial charge on any atom is 0.212 e. The third-order valence-corrected chi connectivity index (χ3v) is 18.1. The Hall–Kier alpha value is -6.31. The van der Waals surface area contributed by atoms with Gasteiger partial charge in [0.05, 0.1) is 12.4 Å². The summed E-state index contributed by atoms with van der Waals surface area (Å²) in [6.07, 6.45) is 8.15. The van der Waals surface area contributed by atoms with Gasteiger partial charge in [0.15, 0.2) is 0 Å². The number of aromatic nitrogens is 4. The monoisotopic (exact) mass is 1400 g/mol. The van der Waals surface area contributed by atoms with Gasteiger partial charge in [0.25, 0.3) is 0 Å². The normalized spacial score (nSPS) is 12.9. The van der Waals surface area contributed by atoms with Crippen LogP contribution >= 0.6 is 34.9 Å². The molecule has 4 aliphatic heterocycles. The minimum atomic E-state index is -0.247. The summed E-state index contributed by atoms with van der Waals surface area (Å²) < 4.78 is 17.1. The quantitative estimate of drug-likeness (QED) is 0.122. The number of benzene rings is 8. The van der Waals surface area contributed by atoms with Crippen LogP contribution in [0.15, 0.2) is 154 Å². The second kappa shape index (κ2) is 19.2. The number of rotatable bonds is 6. The van der Waals surface area contributed by atoms with Gasteiger partial charge in [-0.25, -0.2) is 12.1 Å². The Morgan fingerprint density at radius 3 is 1.56 bits per heavy atom. The van der Waals surface area contributed by atoms with Gasteiger partial charge in [0.2, 0.25) is 13.4 Å². The van der Waals surface area contributed by atoms with Crippen molar-refractivity contribution in [3.8, 4) is 78.2 Å². The first-order valence-electron chi connectivity index (χ1n) is 25.0. The van der Waals surface area contributed by atoms with Crippen molar-refractivity contribution < 1.29 is 51.6 Å². The van der Waals surface area contributed by atoms with E-state index in [1.807, 2.05) is 75.6 Å². The molecule has 77 heavy (non-hydrogen) atoms. The van der Waals surface area contributed by atoms with Crippen LogP contribution < -0.4 is 42.3 Å². The Labute approximate surface area is 490 Å². The summed E-state index contributed by atoms with van der Waals surface area (Å²) in [4.78, 5) is 5.90. The van der Waals surface area contributed by atoms with Crippen LogP contribution in [0.5, 0.6) is 23.0 Å². The van der Waals surface area contributed by atoms with Crippen molar-refractivity contribution in [3.63, 3.8) is 0 Å². The third-order valence-electron chi connectivity index (χ3n) is 15.0. The number of fused-ring (bicyclic) bond motifs is 8. The Morgan fingerprint density at radius 1 is 0.468 bits per heavy atom. The standard InChI is InChI=1S/C64H40B2N4O2S3.2Pt/c1-35-21-37(3)61(38(4)22-35)44-30-67-69(32-44)46-15-18-53-49(28-46)65-48-25-41(13-17-52(48)71-54-9-7-10-55(72-53)63(54)65)43-27-60(73-34-43)42-14-19-56-50(26-42)66-51-29-47(16-20-57(51)75-59-12-8-11-58(74-56)64(59)66)70-33-45(31-68-70)62-39(5)23-36(2)24-40(62)6;;/h7-24,30-33H,1-6H3;;/q-6;;.